The fraction of sp³-hybridized carbons (Fsp3) is 0.0588. The zero-order valence-corrected chi connectivity index (χ0v) is 13.8. The topological polar surface area (TPSA) is 118 Å². The summed E-state index contributed by atoms with van der Waals surface area (Å²) in [5, 5.41) is 0. The monoisotopic (exact) mass is 357 g/mol. The number of aromatic amines is 1. The lowest BCUT2D eigenvalue weighted by atomic mass is 10.1. The van der Waals surface area contributed by atoms with Crippen LogP contribution in [0, 0.1) is 0 Å². The zero-order chi connectivity index (χ0) is 17.8. The summed E-state index contributed by atoms with van der Waals surface area (Å²) in [7, 11) is 0. The second-order valence-electron chi connectivity index (χ2n) is 5.21. The van der Waals surface area contributed by atoms with Gasteiger partial charge in [0.2, 0.25) is 5.91 Å². The van der Waals surface area contributed by atoms with Gasteiger partial charge >= 0.3 is 0 Å². The molecule has 0 bridgehead atoms. The molecular formula is C17H15N3O4S. The molecule has 0 saturated heterocycles. The molecule has 0 radical (unpaired) electrons. The first-order valence-electron chi connectivity index (χ1n) is 7.30. The van der Waals surface area contributed by atoms with Gasteiger partial charge in [-0.3, -0.25) is 4.79 Å². The van der Waals surface area contributed by atoms with Crippen LogP contribution < -0.4 is 10.5 Å². The molecule has 128 valence electrons. The Morgan fingerprint density at radius 1 is 1.24 bits per heavy atom. The number of nitrogens with two attached hydrogens (primary N) is 1. The number of nitrogens with zero attached hydrogens (tertiary/aromatic N) is 1. The van der Waals surface area contributed by atoms with Crippen LogP contribution in [0.15, 0.2) is 59.9 Å². The molecule has 1 atom stereocenters. The van der Waals surface area contributed by atoms with E-state index in [0.717, 1.165) is 11.3 Å². The third kappa shape index (κ3) is 3.93. The fourth-order valence-corrected chi connectivity index (χ4v) is 2.73. The quantitative estimate of drug-likeness (QED) is 0.585. The number of imidazole rings is 1. The van der Waals surface area contributed by atoms with Gasteiger partial charge < -0.3 is 20.0 Å². The molecule has 3 aromatic rings. The predicted molar refractivity (Wildman–Crippen MR) is 92.4 cm³/mol. The molecular weight excluding hydrogens is 342 g/mol. The van der Waals surface area contributed by atoms with Gasteiger partial charge in [0, 0.05) is 11.1 Å². The van der Waals surface area contributed by atoms with E-state index in [4.69, 9.17) is 15.0 Å². The molecule has 0 aliphatic rings. The van der Waals surface area contributed by atoms with Gasteiger partial charge in [0.05, 0.1) is 23.1 Å². The van der Waals surface area contributed by atoms with Crippen LogP contribution in [0.4, 0.5) is 0 Å². The number of H-pyrrole nitrogens is 1. The van der Waals surface area contributed by atoms with Crippen molar-refractivity contribution in [3.8, 4) is 17.0 Å². The average Bonchev–Trinajstić information content (AvgIpc) is 3.14. The fourth-order valence-electron chi connectivity index (χ4n) is 2.32. The largest absolute Gasteiger partial charge is 0.489 e. The molecule has 3 rings (SSSR count). The van der Waals surface area contributed by atoms with Crippen molar-refractivity contribution in [3.05, 3.63) is 66.1 Å². The molecule has 0 saturated carbocycles. The Balaban J connectivity index is 1.75. The highest BCUT2D eigenvalue weighted by molar-refractivity contribution is 7.79. The van der Waals surface area contributed by atoms with Gasteiger partial charge in [-0.25, -0.2) is 9.19 Å². The molecule has 0 aliphatic heterocycles. The molecule has 1 unspecified atom stereocenters. The molecule has 0 fully saturated rings. The van der Waals surface area contributed by atoms with Crippen molar-refractivity contribution < 1.29 is 18.3 Å². The Labute approximate surface area is 146 Å². The number of primary amides is 1. The van der Waals surface area contributed by atoms with Gasteiger partial charge in [0.15, 0.2) is 11.1 Å². The Bertz CT molecular complexity index is 908. The van der Waals surface area contributed by atoms with Crippen LogP contribution in [0.3, 0.4) is 0 Å². The van der Waals surface area contributed by atoms with Crippen molar-refractivity contribution in [1.29, 1.82) is 0 Å². The van der Waals surface area contributed by atoms with Crippen LogP contribution in [0.1, 0.15) is 15.9 Å². The van der Waals surface area contributed by atoms with Crippen molar-refractivity contribution in [2.75, 3.05) is 0 Å². The van der Waals surface area contributed by atoms with Crippen LogP contribution in [-0.2, 0) is 17.7 Å². The standard InChI is InChI=1S/C17H15N3O4S/c18-17(21)15-7-14(25(22)23)6-3-12(15)9-24-13-4-1-11(2-5-13)16-8-19-10-20-16/h1-8,10H,9H2,(H2,18,21)(H,19,20)(H,22,23). The molecule has 0 spiro atoms. The molecule has 4 N–H and O–H groups in total. The average molecular weight is 357 g/mol. The summed E-state index contributed by atoms with van der Waals surface area (Å²) in [6.45, 7) is 0.111. The summed E-state index contributed by atoms with van der Waals surface area (Å²) in [5.74, 6) is -0.0611. The Kier molecular flexibility index (Phi) is 4.92. The van der Waals surface area contributed by atoms with Gasteiger partial charge in [0.1, 0.15) is 12.4 Å². The maximum atomic E-state index is 11.6. The van der Waals surface area contributed by atoms with Gasteiger partial charge in [-0.1, -0.05) is 6.07 Å². The number of hydrogen-bond acceptors (Lipinski definition) is 4. The number of nitrogens with one attached hydrogen (secondary N) is 1. The van der Waals surface area contributed by atoms with Gasteiger partial charge in [-0.15, -0.1) is 0 Å². The molecule has 7 nitrogen and oxygen atoms in total. The van der Waals surface area contributed by atoms with E-state index in [2.05, 4.69) is 9.97 Å². The van der Waals surface area contributed by atoms with Crippen molar-refractivity contribution in [2.45, 2.75) is 11.5 Å². The summed E-state index contributed by atoms with van der Waals surface area (Å²) in [6.07, 6.45) is 3.33. The SMILES string of the molecule is NC(=O)c1cc(S(=O)O)ccc1COc1ccc(-c2cnc[nH]2)cc1. The Morgan fingerprint density at radius 2 is 2.00 bits per heavy atom. The predicted octanol–water partition coefficient (Wildman–Crippen LogP) is 2.34. The van der Waals surface area contributed by atoms with E-state index in [1.165, 1.54) is 12.1 Å². The third-order valence-electron chi connectivity index (χ3n) is 3.61. The Hall–Kier alpha value is -2.97. The minimum Gasteiger partial charge on any atom is -0.489 e. The lowest BCUT2D eigenvalue weighted by Crippen LogP contribution is -2.15. The summed E-state index contributed by atoms with van der Waals surface area (Å²) in [4.78, 5) is 18.7. The van der Waals surface area contributed by atoms with E-state index < -0.39 is 17.0 Å². The molecule has 1 aromatic heterocycles. The van der Waals surface area contributed by atoms with Crippen molar-refractivity contribution in [2.24, 2.45) is 5.73 Å². The molecule has 0 aliphatic carbocycles. The molecule has 25 heavy (non-hydrogen) atoms. The number of benzene rings is 2. The van der Waals surface area contributed by atoms with E-state index in [0.29, 0.717) is 11.3 Å². The highest BCUT2D eigenvalue weighted by Crippen LogP contribution is 2.22. The van der Waals surface area contributed by atoms with Gasteiger partial charge in [-0.05, 0) is 42.0 Å². The number of carbonyl (C=O) groups is 1. The van der Waals surface area contributed by atoms with Gasteiger partial charge in [0.25, 0.3) is 0 Å². The summed E-state index contributed by atoms with van der Waals surface area (Å²) in [6, 6.07) is 11.7. The smallest absolute Gasteiger partial charge is 0.249 e. The number of amides is 1. The summed E-state index contributed by atoms with van der Waals surface area (Å²) < 4.78 is 25.9. The summed E-state index contributed by atoms with van der Waals surface area (Å²) >= 11 is -2.18. The van der Waals surface area contributed by atoms with E-state index in [1.807, 2.05) is 12.1 Å². The molecule has 2 aromatic carbocycles. The zero-order valence-electron chi connectivity index (χ0n) is 13.0. The first kappa shape index (κ1) is 16.9. The lowest BCUT2D eigenvalue weighted by molar-refractivity contribution is 0.0997. The highest BCUT2D eigenvalue weighted by atomic mass is 32.2. The van der Waals surface area contributed by atoms with E-state index in [9.17, 15) is 9.00 Å². The van der Waals surface area contributed by atoms with Crippen LogP contribution >= 0.6 is 0 Å². The van der Waals surface area contributed by atoms with E-state index in [1.54, 1.807) is 30.7 Å². The van der Waals surface area contributed by atoms with Crippen LogP contribution in [-0.4, -0.2) is 24.6 Å². The van der Waals surface area contributed by atoms with Crippen LogP contribution in [0.5, 0.6) is 5.75 Å². The van der Waals surface area contributed by atoms with Crippen LogP contribution in [0.2, 0.25) is 0 Å². The number of hydrogen-bond donors (Lipinski definition) is 3. The lowest BCUT2D eigenvalue weighted by Gasteiger charge is -2.10. The maximum absolute atomic E-state index is 11.6. The normalized spacial score (nSPS) is 11.9. The highest BCUT2D eigenvalue weighted by Gasteiger charge is 2.12. The molecule has 8 heteroatoms. The number of carbonyl (C=O) groups excluding carboxylic acids is 1. The number of ether oxygens (including phenoxy) is 1. The van der Waals surface area contributed by atoms with Crippen LogP contribution in [0.25, 0.3) is 11.3 Å². The first-order valence-corrected chi connectivity index (χ1v) is 8.40. The number of aromatic nitrogens is 2. The van der Waals surface area contributed by atoms with Crippen molar-refractivity contribution in [3.63, 3.8) is 0 Å². The molecule has 1 heterocycles. The van der Waals surface area contributed by atoms with E-state index >= 15 is 0 Å². The number of rotatable bonds is 6. The summed E-state index contributed by atoms with van der Waals surface area (Å²) in [5.41, 5.74) is 7.91. The van der Waals surface area contributed by atoms with Crippen molar-refractivity contribution in [1.82, 2.24) is 9.97 Å². The van der Waals surface area contributed by atoms with Gasteiger partial charge in [-0.2, -0.15) is 0 Å². The minimum absolute atomic E-state index is 0.111. The molecule has 1 amide bonds. The second kappa shape index (κ2) is 7.29. The minimum atomic E-state index is -2.18. The third-order valence-corrected chi connectivity index (χ3v) is 4.26. The Morgan fingerprint density at radius 3 is 2.60 bits per heavy atom. The second-order valence-corrected chi connectivity index (χ2v) is 6.18. The van der Waals surface area contributed by atoms with Crippen molar-refractivity contribution >= 4 is 17.0 Å². The first-order chi connectivity index (χ1) is 12.0. The maximum Gasteiger partial charge on any atom is 0.249 e. The van der Waals surface area contributed by atoms with E-state index in [-0.39, 0.29) is 17.1 Å².